The molecule has 0 aliphatic carbocycles. The number of benzene rings is 2. The molecule has 2 rings (SSSR count). The number of rotatable bonds is 12. The van der Waals surface area contributed by atoms with Crippen LogP contribution in [0.25, 0.3) is 0 Å². The molecule has 162 valence electrons. The average molecular weight is 409 g/mol. The number of carbonyl (C=O) groups is 2. The largest absolute Gasteiger partial charge is 0.350 e. The van der Waals surface area contributed by atoms with Crippen LogP contribution in [0.4, 0.5) is 0 Å². The maximum atomic E-state index is 13.0. The Morgan fingerprint density at radius 2 is 1.57 bits per heavy atom. The summed E-state index contributed by atoms with van der Waals surface area (Å²) in [6, 6.07) is 17.8. The molecule has 0 saturated heterocycles. The number of nitrogens with one attached hydrogen (secondary N) is 1. The van der Waals surface area contributed by atoms with Gasteiger partial charge in [0, 0.05) is 25.1 Å². The Bertz CT molecular complexity index is 771. The highest BCUT2D eigenvalue weighted by molar-refractivity contribution is 5.94. The van der Waals surface area contributed by atoms with Gasteiger partial charge in [0.25, 0.3) is 5.91 Å². The molecular weight excluding hydrogens is 372 g/mol. The third-order valence-electron chi connectivity index (χ3n) is 5.37. The predicted molar refractivity (Wildman–Crippen MR) is 123 cm³/mol. The fraction of sp³-hybridized carbons (Fsp3) is 0.462. The van der Waals surface area contributed by atoms with Gasteiger partial charge in [-0.1, -0.05) is 69.2 Å². The second kappa shape index (κ2) is 12.8. The van der Waals surface area contributed by atoms with E-state index in [2.05, 4.69) is 31.3 Å². The van der Waals surface area contributed by atoms with Gasteiger partial charge in [0.05, 0.1) is 6.04 Å². The lowest BCUT2D eigenvalue weighted by atomic mass is 10.1. The third-order valence-corrected chi connectivity index (χ3v) is 5.37. The molecule has 0 saturated carbocycles. The van der Waals surface area contributed by atoms with Crippen LogP contribution in [0.2, 0.25) is 0 Å². The van der Waals surface area contributed by atoms with E-state index in [4.69, 9.17) is 0 Å². The molecule has 0 aliphatic heterocycles. The zero-order valence-corrected chi connectivity index (χ0v) is 18.7. The summed E-state index contributed by atoms with van der Waals surface area (Å²) in [5.41, 5.74) is 3.04. The lowest BCUT2D eigenvalue weighted by Gasteiger charge is -2.23. The van der Waals surface area contributed by atoms with Crippen molar-refractivity contribution in [2.24, 2.45) is 0 Å². The fourth-order valence-electron chi connectivity index (χ4n) is 3.42. The van der Waals surface area contributed by atoms with Crippen molar-refractivity contribution < 1.29 is 9.59 Å². The molecule has 0 fully saturated rings. The Hall–Kier alpha value is -2.62. The van der Waals surface area contributed by atoms with Crippen molar-refractivity contribution in [3.05, 3.63) is 71.3 Å². The minimum atomic E-state index is -0.0471. The topological polar surface area (TPSA) is 49.4 Å². The van der Waals surface area contributed by atoms with Crippen LogP contribution in [0.5, 0.6) is 0 Å². The number of nitrogens with zero attached hydrogens (tertiary/aromatic N) is 1. The Morgan fingerprint density at radius 3 is 2.20 bits per heavy atom. The Kier molecular flexibility index (Phi) is 10.1. The van der Waals surface area contributed by atoms with Gasteiger partial charge in [-0.15, -0.1) is 0 Å². The lowest BCUT2D eigenvalue weighted by Crippen LogP contribution is -2.36. The molecule has 1 unspecified atom stereocenters. The van der Waals surface area contributed by atoms with Gasteiger partial charge in [-0.2, -0.15) is 0 Å². The van der Waals surface area contributed by atoms with E-state index in [9.17, 15) is 9.59 Å². The number of carbonyl (C=O) groups excluding carboxylic acids is 2. The molecule has 1 N–H and O–H groups in total. The van der Waals surface area contributed by atoms with E-state index in [1.54, 1.807) is 0 Å². The van der Waals surface area contributed by atoms with Crippen molar-refractivity contribution in [3.63, 3.8) is 0 Å². The van der Waals surface area contributed by atoms with E-state index in [1.165, 1.54) is 5.56 Å². The predicted octanol–water partition coefficient (Wildman–Crippen LogP) is 5.54. The SMILES string of the molecule is CCCCc1ccc(C(=O)N(CCCC)CCC(=O)NC(C)c2ccccc2)cc1. The van der Waals surface area contributed by atoms with Crippen molar-refractivity contribution in [3.8, 4) is 0 Å². The van der Waals surface area contributed by atoms with Gasteiger partial charge in [0.2, 0.25) is 5.91 Å². The molecule has 30 heavy (non-hydrogen) atoms. The van der Waals surface area contributed by atoms with Crippen LogP contribution < -0.4 is 5.32 Å². The van der Waals surface area contributed by atoms with Gasteiger partial charge < -0.3 is 10.2 Å². The summed E-state index contributed by atoms with van der Waals surface area (Å²) in [4.78, 5) is 27.3. The lowest BCUT2D eigenvalue weighted by molar-refractivity contribution is -0.121. The van der Waals surface area contributed by atoms with Crippen LogP contribution >= 0.6 is 0 Å². The Balaban J connectivity index is 1.94. The first-order chi connectivity index (χ1) is 14.5. The molecule has 2 aromatic carbocycles. The maximum absolute atomic E-state index is 13.0. The van der Waals surface area contributed by atoms with E-state index in [1.807, 2.05) is 54.3 Å². The highest BCUT2D eigenvalue weighted by atomic mass is 16.2. The summed E-state index contributed by atoms with van der Waals surface area (Å²) in [6.07, 6.45) is 5.62. The molecule has 2 amide bonds. The zero-order valence-electron chi connectivity index (χ0n) is 18.7. The van der Waals surface area contributed by atoms with Crippen LogP contribution in [0.3, 0.4) is 0 Å². The molecular formula is C26H36N2O2. The first kappa shape index (κ1) is 23.7. The number of aryl methyl sites for hydroxylation is 1. The van der Waals surface area contributed by atoms with E-state index in [0.29, 0.717) is 25.1 Å². The minimum Gasteiger partial charge on any atom is -0.350 e. The summed E-state index contributed by atoms with van der Waals surface area (Å²) in [5.74, 6) is -0.0232. The van der Waals surface area contributed by atoms with Crippen LogP contribution in [-0.4, -0.2) is 29.8 Å². The van der Waals surface area contributed by atoms with E-state index >= 15 is 0 Å². The molecule has 0 radical (unpaired) electrons. The number of unbranched alkanes of at least 4 members (excludes halogenated alkanes) is 2. The molecule has 2 aromatic rings. The van der Waals surface area contributed by atoms with Crippen LogP contribution in [0.15, 0.2) is 54.6 Å². The molecule has 0 spiro atoms. The van der Waals surface area contributed by atoms with Gasteiger partial charge in [-0.3, -0.25) is 9.59 Å². The van der Waals surface area contributed by atoms with Gasteiger partial charge in [0.15, 0.2) is 0 Å². The van der Waals surface area contributed by atoms with Gasteiger partial charge in [-0.25, -0.2) is 0 Å². The maximum Gasteiger partial charge on any atom is 0.253 e. The van der Waals surface area contributed by atoms with Crippen LogP contribution in [0, 0.1) is 0 Å². The average Bonchev–Trinajstić information content (AvgIpc) is 2.78. The quantitative estimate of drug-likeness (QED) is 0.501. The monoisotopic (exact) mass is 408 g/mol. The molecule has 4 nitrogen and oxygen atoms in total. The Morgan fingerprint density at radius 1 is 0.900 bits per heavy atom. The summed E-state index contributed by atoms with van der Waals surface area (Å²) >= 11 is 0. The highest BCUT2D eigenvalue weighted by Crippen LogP contribution is 2.13. The van der Waals surface area contributed by atoms with Crippen LogP contribution in [0.1, 0.15) is 80.4 Å². The van der Waals surface area contributed by atoms with Crippen molar-refractivity contribution >= 4 is 11.8 Å². The molecule has 0 heterocycles. The smallest absolute Gasteiger partial charge is 0.253 e. The number of hydrogen-bond donors (Lipinski definition) is 1. The third kappa shape index (κ3) is 7.66. The standard InChI is InChI=1S/C26H36N2O2/c1-4-6-11-22-14-16-24(17-15-22)26(30)28(19-7-5-2)20-18-25(29)27-21(3)23-12-9-8-10-13-23/h8-10,12-17,21H,4-7,11,18-20H2,1-3H3,(H,27,29). The number of amides is 2. The summed E-state index contributed by atoms with van der Waals surface area (Å²) in [6.45, 7) is 7.38. The van der Waals surface area contributed by atoms with Gasteiger partial charge in [0.1, 0.15) is 0 Å². The second-order valence-corrected chi connectivity index (χ2v) is 7.90. The van der Waals surface area contributed by atoms with Gasteiger partial charge in [-0.05, 0) is 49.4 Å². The molecule has 0 aromatic heterocycles. The van der Waals surface area contributed by atoms with E-state index in [0.717, 1.165) is 37.7 Å². The molecule has 0 bridgehead atoms. The van der Waals surface area contributed by atoms with E-state index < -0.39 is 0 Å². The van der Waals surface area contributed by atoms with Crippen LogP contribution in [-0.2, 0) is 11.2 Å². The minimum absolute atomic E-state index is 0.00870. The molecule has 4 heteroatoms. The number of hydrogen-bond acceptors (Lipinski definition) is 2. The second-order valence-electron chi connectivity index (χ2n) is 7.90. The first-order valence-corrected chi connectivity index (χ1v) is 11.3. The fourth-order valence-corrected chi connectivity index (χ4v) is 3.42. The molecule has 0 aliphatic rings. The van der Waals surface area contributed by atoms with E-state index in [-0.39, 0.29) is 17.9 Å². The summed E-state index contributed by atoms with van der Waals surface area (Å²) in [7, 11) is 0. The van der Waals surface area contributed by atoms with Crippen molar-refractivity contribution in [2.75, 3.05) is 13.1 Å². The molecule has 1 atom stereocenters. The van der Waals surface area contributed by atoms with Crippen molar-refractivity contribution in [2.45, 2.75) is 65.3 Å². The Labute approximate surface area is 181 Å². The summed E-state index contributed by atoms with van der Waals surface area (Å²) < 4.78 is 0. The first-order valence-electron chi connectivity index (χ1n) is 11.3. The van der Waals surface area contributed by atoms with Gasteiger partial charge >= 0.3 is 0 Å². The van der Waals surface area contributed by atoms with Crippen molar-refractivity contribution in [1.82, 2.24) is 10.2 Å². The highest BCUT2D eigenvalue weighted by Gasteiger charge is 2.17. The normalized spacial score (nSPS) is 11.7. The summed E-state index contributed by atoms with van der Waals surface area (Å²) in [5, 5.41) is 3.04. The zero-order chi connectivity index (χ0) is 21.8. The van der Waals surface area contributed by atoms with Crippen molar-refractivity contribution in [1.29, 1.82) is 0 Å².